The largest absolute Gasteiger partial charge is 0.490 e. The van der Waals surface area contributed by atoms with E-state index in [2.05, 4.69) is 0 Å². The van der Waals surface area contributed by atoms with Crippen LogP contribution in [0.4, 0.5) is 4.39 Å². The van der Waals surface area contributed by atoms with E-state index < -0.39 is 0 Å². The fourth-order valence-electron chi connectivity index (χ4n) is 2.04. The Labute approximate surface area is 107 Å². The third-order valence-corrected chi connectivity index (χ3v) is 3.30. The predicted octanol–water partition coefficient (Wildman–Crippen LogP) is 2.65. The lowest BCUT2D eigenvalue weighted by Crippen LogP contribution is -2.21. The molecular formula is C14H20FNO2. The Kier molecular flexibility index (Phi) is 4.55. The van der Waals surface area contributed by atoms with E-state index in [4.69, 9.17) is 15.2 Å². The summed E-state index contributed by atoms with van der Waals surface area (Å²) in [6, 6.07) is 4.76. The molecule has 0 aliphatic carbocycles. The van der Waals surface area contributed by atoms with Crippen LogP contribution in [0.2, 0.25) is 0 Å². The van der Waals surface area contributed by atoms with Gasteiger partial charge in [0.2, 0.25) is 0 Å². The van der Waals surface area contributed by atoms with Crippen LogP contribution in [-0.2, 0) is 4.74 Å². The van der Waals surface area contributed by atoms with Crippen molar-refractivity contribution in [1.29, 1.82) is 0 Å². The van der Waals surface area contributed by atoms with Gasteiger partial charge in [0.25, 0.3) is 0 Å². The molecule has 3 nitrogen and oxygen atoms in total. The zero-order chi connectivity index (χ0) is 13.0. The van der Waals surface area contributed by atoms with Gasteiger partial charge in [-0.15, -0.1) is 0 Å². The number of ether oxygens (including phenoxy) is 2. The molecule has 4 heteroatoms. The average molecular weight is 253 g/mol. The first-order valence-corrected chi connectivity index (χ1v) is 6.42. The molecule has 1 aromatic rings. The second kappa shape index (κ2) is 6.16. The first-order chi connectivity index (χ1) is 8.66. The van der Waals surface area contributed by atoms with Gasteiger partial charge in [-0.05, 0) is 43.4 Å². The van der Waals surface area contributed by atoms with Crippen molar-refractivity contribution in [3.05, 3.63) is 29.6 Å². The van der Waals surface area contributed by atoms with Gasteiger partial charge in [-0.3, -0.25) is 0 Å². The maximum absolute atomic E-state index is 13.8. The summed E-state index contributed by atoms with van der Waals surface area (Å²) in [6.45, 7) is 3.94. The number of benzene rings is 1. The van der Waals surface area contributed by atoms with E-state index >= 15 is 0 Å². The first kappa shape index (κ1) is 13.3. The maximum atomic E-state index is 13.8. The van der Waals surface area contributed by atoms with Crippen molar-refractivity contribution in [1.82, 2.24) is 0 Å². The van der Waals surface area contributed by atoms with Crippen LogP contribution in [-0.4, -0.2) is 19.8 Å². The lowest BCUT2D eigenvalue weighted by Gasteiger charge is -2.22. The molecule has 18 heavy (non-hydrogen) atoms. The van der Waals surface area contributed by atoms with Gasteiger partial charge < -0.3 is 15.2 Å². The minimum absolute atomic E-state index is 0.163. The number of hydrogen-bond donors (Lipinski definition) is 1. The van der Waals surface area contributed by atoms with Crippen LogP contribution in [0.5, 0.6) is 5.75 Å². The molecular weight excluding hydrogens is 233 g/mol. The molecule has 1 aromatic carbocycles. The van der Waals surface area contributed by atoms with Gasteiger partial charge in [-0.1, -0.05) is 6.07 Å². The summed E-state index contributed by atoms with van der Waals surface area (Å²) < 4.78 is 24.6. The normalized spacial score (nSPS) is 18.6. The van der Waals surface area contributed by atoms with Crippen molar-refractivity contribution in [3.63, 3.8) is 0 Å². The monoisotopic (exact) mass is 253 g/mol. The zero-order valence-corrected chi connectivity index (χ0v) is 10.7. The molecule has 0 bridgehead atoms. The minimum atomic E-state index is -0.336. The molecule has 1 saturated heterocycles. The van der Waals surface area contributed by atoms with Gasteiger partial charge >= 0.3 is 0 Å². The molecule has 100 valence electrons. The van der Waals surface area contributed by atoms with Crippen LogP contribution >= 0.6 is 0 Å². The second-order valence-electron chi connectivity index (χ2n) is 4.85. The highest BCUT2D eigenvalue weighted by molar-refractivity contribution is 5.30. The second-order valence-corrected chi connectivity index (χ2v) is 4.85. The summed E-state index contributed by atoms with van der Waals surface area (Å²) in [4.78, 5) is 0. The number of hydrogen-bond acceptors (Lipinski definition) is 3. The molecule has 0 aromatic heterocycles. The van der Waals surface area contributed by atoms with E-state index in [1.54, 1.807) is 6.07 Å². The minimum Gasteiger partial charge on any atom is -0.490 e. The molecule has 0 amide bonds. The molecule has 0 radical (unpaired) electrons. The summed E-state index contributed by atoms with van der Waals surface area (Å²) in [6.07, 6.45) is 1.97. The third-order valence-electron chi connectivity index (χ3n) is 3.30. The summed E-state index contributed by atoms with van der Waals surface area (Å²) in [5, 5.41) is 0. The quantitative estimate of drug-likeness (QED) is 0.897. The van der Waals surface area contributed by atoms with E-state index in [0.717, 1.165) is 31.6 Å². The van der Waals surface area contributed by atoms with E-state index in [1.807, 2.05) is 13.0 Å². The summed E-state index contributed by atoms with van der Waals surface area (Å²) >= 11 is 0. The molecule has 1 aliphatic rings. The molecule has 1 fully saturated rings. The van der Waals surface area contributed by atoms with E-state index in [0.29, 0.717) is 18.3 Å². The lowest BCUT2D eigenvalue weighted by atomic mass is 10.0. The SMILES string of the molecule is CC(N)c1ccc(OCC2CCOCC2)c(F)c1. The number of nitrogens with two attached hydrogens (primary N) is 1. The topological polar surface area (TPSA) is 44.5 Å². The van der Waals surface area contributed by atoms with Crippen molar-refractivity contribution < 1.29 is 13.9 Å². The summed E-state index contributed by atoms with van der Waals surface area (Å²) in [5.74, 6) is 0.439. The standard InChI is InChI=1S/C14H20FNO2/c1-10(16)12-2-3-14(13(15)8-12)18-9-11-4-6-17-7-5-11/h2-3,8,10-11H,4-7,9,16H2,1H3. The Morgan fingerprint density at radius 3 is 2.78 bits per heavy atom. The van der Waals surface area contributed by atoms with Gasteiger partial charge in [0.1, 0.15) is 0 Å². The van der Waals surface area contributed by atoms with Gasteiger partial charge in [0.05, 0.1) is 6.61 Å². The Morgan fingerprint density at radius 1 is 1.44 bits per heavy atom. The van der Waals surface area contributed by atoms with Gasteiger partial charge in [-0.2, -0.15) is 0 Å². The van der Waals surface area contributed by atoms with Crippen molar-refractivity contribution in [3.8, 4) is 5.75 Å². The molecule has 1 unspecified atom stereocenters. The van der Waals surface area contributed by atoms with Gasteiger partial charge in [-0.25, -0.2) is 4.39 Å². The van der Waals surface area contributed by atoms with Gasteiger partial charge in [0.15, 0.2) is 11.6 Å². The summed E-state index contributed by atoms with van der Waals surface area (Å²) in [5.41, 5.74) is 6.49. The average Bonchev–Trinajstić information content (AvgIpc) is 2.38. The fraction of sp³-hybridized carbons (Fsp3) is 0.571. The van der Waals surface area contributed by atoms with Crippen LogP contribution in [0.3, 0.4) is 0 Å². The highest BCUT2D eigenvalue weighted by Gasteiger charge is 2.15. The summed E-state index contributed by atoms with van der Waals surface area (Å²) in [7, 11) is 0. The zero-order valence-electron chi connectivity index (χ0n) is 10.7. The van der Waals surface area contributed by atoms with Crippen LogP contribution in [0, 0.1) is 11.7 Å². The van der Waals surface area contributed by atoms with Crippen LogP contribution in [0.15, 0.2) is 18.2 Å². The van der Waals surface area contributed by atoms with Crippen molar-refractivity contribution in [2.24, 2.45) is 11.7 Å². The highest BCUT2D eigenvalue weighted by atomic mass is 19.1. The van der Waals surface area contributed by atoms with Crippen molar-refractivity contribution in [2.75, 3.05) is 19.8 Å². The predicted molar refractivity (Wildman–Crippen MR) is 68.0 cm³/mol. The molecule has 2 N–H and O–H groups in total. The Balaban J connectivity index is 1.92. The molecule has 1 heterocycles. The Bertz CT molecular complexity index is 389. The van der Waals surface area contributed by atoms with Gasteiger partial charge in [0, 0.05) is 19.3 Å². The fourth-order valence-corrected chi connectivity index (χ4v) is 2.04. The molecule has 0 spiro atoms. The number of rotatable bonds is 4. The Hall–Kier alpha value is -1.13. The van der Waals surface area contributed by atoms with Crippen LogP contribution < -0.4 is 10.5 Å². The maximum Gasteiger partial charge on any atom is 0.165 e. The van der Waals surface area contributed by atoms with Crippen molar-refractivity contribution in [2.45, 2.75) is 25.8 Å². The molecule has 1 atom stereocenters. The first-order valence-electron chi connectivity index (χ1n) is 6.42. The molecule has 2 rings (SSSR count). The van der Waals surface area contributed by atoms with Crippen LogP contribution in [0.25, 0.3) is 0 Å². The molecule has 1 aliphatic heterocycles. The number of halogens is 1. The highest BCUT2D eigenvalue weighted by Crippen LogP contribution is 2.23. The lowest BCUT2D eigenvalue weighted by molar-refractivity contribution is 0.0491. The van der Waals surface area contributed by atoms with Crippen molar-refractivity contribution >= 4 is 0 Å². The van der Waals surface area contributed by atoms with Crippen LogP contribution in [0.1, 0.15) is 31.4 Å². The molecule has 0 saturated carbocycles. The Morgan fingerprint density at radius 2 is 2.17 bits per heavy atom. The third kappa shape index (κ3) is 3.43. The van der Waals surface area contributed by atoms with E-state index in [1.165, 1.54) is 6.07 Å². The smallest absolute Gasteiger partial charge is 0.165 e. The van der Waals surface area contributed by atoms with E-state index in [9.17, 15) is 4.39 Å². The van der Waals surface area contributed by atoms with E-state index in [-0.39, 0.29) is 11.9 Å².